The topological polar surface area (TPSA) is 43.4 Å². The van der Waals surface area contributed by atoms with Crippen molar-refractivity contribution < 1.29 is 14.3 Å². The second kappa shape index (κ2) is 5.66. The Labute approximate surface area is 99.4 Å². The molecule has 0 aliphatic carbocycles. The molecule has 1 aromatic carbocycles. The van der Waals surface area contributed by atoms with Crippen LogP contribution >= 0.6 is 11.6 Å². The molecule has 3 nitrogen and oxygen atoms in total. The Hall–Kier alpha value is -1.35. The van der Waals surface area contributed by atoms with Gasteiger partial charge in [0.2, 0.25) is 0 Å². The first kappa shape index (κ1) is 12.7. The number of methoxy groups -OCH3 is 1. The highest BCUT2D eigenvalue weighted by molar-refractivity contribution is 6.31. The van der Waals surface area contributed by atoms with Crippen molar-refractivity contribution in [3.05, 3.63) is 35.4 Å². The summed E-state index contributed by atoms with van der Waals surface area (Å²) in [5.41, 5.74) is 1.06. The maximum Gasteiger partial charge on any atom is 0.338 e. The lowest BCUT2D eigenvalue weighted by Gasteiger charge is -2.07. The van der Waals surface area contributed by atoms with Gasteiger partial charge in [0.15, 0.2) is 5.78 Å². The van der Waals surface area contributed by atoms with Gasteiger partial charge in [-0.15, -0.1) is 11.6 Å². The number of Topliss-reactive ketones (excluding diaryl/α,β-unsaturated/α-hetero) is 1. The average Bonchev–Trinajstić information content (AvgIpc) is 2.28. The number of halogens is 1. The van der Waals surface area contributed by atoms with Gasteiger partial charge >= 0.3 is 5.97 Å². The molecule has 0 fully saturated rings. The van der Waals surface area contributed by atoms with Crippen molar-refractivity contribution in [2.24, 2.45) is 0 Å². The zero-order valence-corrected chi connectivity index (χ0v) is 9.95. The molecule has 0 N–H and O–H groups in total. The van der Waals surface area contributed by atoms with E-state index in [0.717, 1.165) is 0 Å². The first-order valence-electron chi connectivity index (χ1n) is 4.89. The summed E-state index contributed by atoms with van der Waals surface area (Å²) in [5, 5.41) is -0.550. The summed E-state index contributed by atoms with van der Waals surface area (Å²) < 4.78 is 4.64. The fourth-order valence-corrected chi connectivity index (χ4v) is 1.39. The van der Waals surface area contributed by atoms with Crippen LogP contribution in [0.25, 0.3) is 0 Å². The minimum atomic E-state index is -0.550. The van der Waals surface area contributed by atoms with E-state index in [1.54, 1.807) is 31.2 Å². The molecule has 86 valence electrons. The van der Waals surface area contributed by atoms with Crippen LogP contribution in [0, 0.1) is 0 Å². The number of ketones is 1. The van der Waals surface area contributed by atoms with Crippen molar-refractivity contribution in [2.75, 3.05) is 7.11 Å². The van der Waals surface area contributed by atoms with E-state index >= 15 is 0 Å². The van der Waals surface area contributed by atoms with Crippen LogP contribution in [0.2, 0.25) is 0 Å². The predicted octanol–water partition coefficient (Wildman–Crippen LogP) is 2.21. The van der Waals surface area contributed by atoms with Crippen LogP contribution in [0.15, 0.2) is 24.3 Å². The van der Waals surface area contributed by atoms with Gasteiger partial charge in [0.1, 0.15) is 0 Å². The van der Waals surface area contributed by atoms with Gasteiger partial charge in [0.25, 0.3) is 0 Å². The molecule has 1 unspecified atom stereocenters. The van der Waals surface area contributed by atoms with E-state index in [9.17, 15) is 9.59 Å². The van der Waals surface area contributed by atoms with Crippen LogP contribution in [-0.2, 0) is 16.0 Å². The molecule has 0 spiro atoms. The van der Waals surface area contributed by atoms with E-state index in [4.69, 9.17) is 11.6 Å². The van der Waals surface area contributed by atoms with E-state index in [1.165, 1.54) is 7.11 Å². The highest BCUT2D eigenvalue weighted by atomic mass is 35.5. The lowest BCUT2D eigenvalue weighted by atomic mass is 10.0. The molecule has 0 aliphatic heterocycles. The summed E-state index contributed by atoms with van der Waals surface area (Å²) in [6.45, 7) is 1.62. The zero-order chi connectivity index (χ0) is 12.1. The number of carbonyl (C=O) groups excluding carboxylic acids is 2. The van der Waals surface area contributed by atoms with Gasteiger partial charge in [-0.25, -0.2) is 4.79 Å². The number of rotatable bonds is 4. The van der Waals surface area contributed by atoms with E-state index in [0.29, 0.717) is 11.1 Å². The summed E-state index contributed by atoms with van der Waals surface area (Å²) >= 11 is 5.68. The second-order valence-electron chi connectivity index (χ2n) is 3.41. The van der Waals surface area contributed by atoms with Gasteiger partial charge in [0.05, 0.1) is 18.1 Å². The summed E-state index contributed by atoms with van der Waals surface area (Å²) in [4.78, 5) is 22.9. The third-order valence-electron chi connectivity index (χ3n) is 2.23. The van der Waals surface area contributed by atoms with Crippen molar-refractivity contribution in [2.45, 2.75) is 18.7 Å². The van der Waals surface area contributed by atoms with E-state index in [1.807, 2.05) is 0 Å². The Morgan fingerprint density at radius 3 is 2.56 bits per heavy atom. The van der Waals surface area contributed by atoms with Crippen LogP contribution in [0.3, 0.4) is 0 Å². The van der Waals surface area contributed by atoms with Crippen molar-refractivity contribution >= 4 is 23.4 Å². The van der Waals surface area contributed by atoms with Gasteiger partial charge in [-0.1, -0.05) is 18.2 Å². The third-order valence-corrected chi connectivity index (χ3v) is 2.47. The maximum atomic E-state index is 11.5. The number of esters is 1. The van der Waals surface area contributed by atoms with Crippen LogP contribution < -0.4 is 0 Å². The van der Waals surface area contributed by atoms with Crippen molar-refractivity contribution in [1.29, 1.82) is 0 Å². The standard InChI is InChI=1S/C12H13ClO3/c1-8(13)11(14)7-9-5-3-4-6-10(9)12(15)16-2/h3-6,8H,7H2,1-2H3. The quantitative estimate of drug-likeness (QED) is 0.599. The molecule has 0 aromatic heterocycles. The Balaban J connectivity index is 2.95. The summed E-state index contributed by atoms with van der Waals surface area (Å²) in [6, 6.07) is 6.86. The van der Waals surface area contributed by atoms with Gasteiger partial charge < -0.3 is 4.74 Å². The average molecular weight is 241 g/mol. The number of hydrogen-bond acceptors (Lipinski definition) is 3. The molecule has 4 heteroatoms. The molecule has 0 amide bonds. The van der Waals surface area contributed by atoms with Crippen LogP contribution in [-0.4, -0.2) is 24.2 Å². The molecule has 1 rings (SSSR count). The fourth-order valence-electron chi connectivity index (χ4n) is 1.31. The first-order chi connectivity index (χ1) is 7.56. The predicted molar refractivity (Wildman–Crippen MR) is 61.8 cm³/mol. The van der Waals surface area contributed by atoms with Crippen molar-refractivity contribution in [3.8, 4) is 0 Å². The van der Waals surface area contributed by atoms with Gasteiger partial charge in [0, 0.05) is 6.42 Å². The third kappa shape index (κ3) is 3.07. The number of ether oxygens (including phenoxy) is 1. The molecule has 0 bridgehead atoms. The smallest absolute Gasteiger partial charge is 0.338 e. The molecule has 0 heterocycles. The molecule has 0 aliphatic rings. The van der Waals surface area contributed by atoms with Crippen LogP contribution in [0.5, 0.6) is 0 Å². The second-order valence-corrected chi connectivity index (χ2v) is 4.06. The first-order valence-corrected chi connectivity index (χ1v) is 5.33. The van der Waals surface area contributed by atoms with E-state index in [-0.39, 0.29) is 12.2 Å². The lowest BCUT2D eigenvalue weighted by Crippen LogP contribution is -2.16. The summed E-state index contributed by atoms with van der Waals surface area (Å²) in [7, 11) is 1.31. The number of carbonyl (C=O) groups is 2. The normalized spacial score (nSPS) is 11.9. The molecule has 1 aromatic rings. The highest BCUT2D eigenvalue weighted by Gasteiger charge is 2.16. The molecule has 16 heavy (non-hydrogen) atoms. The number of alkyl halides is 1. The van der Waals surface area contributed by atoms with E-state index < -0.39 is 11.3 Å². The molecular weight excluding hydrogens is 228 g/mol. The minimum Gasteiger partial charge on any atom is -0.465 e. The van der Waals surface area contributed by atoms with Gasteiger partial charge in [-0.05, 0) is 18.6 Å². The molecule has 1 atom stereocenters. The Morgan fingerprint density at radius 2 is 2.00 bits per heavy atom. The molecular formula is C12H13ClO3. The van der Waals surface area contributed by atoms with Gasteiger partial charge in [-0.2, -0.15) is 0 Å². The Kier molecular flexibility index (Phi) is 4.50. The molecule has 0 saturated carbocycles. The molecule has 0 saturated heterocycles. The van der Waals surface area contributed by atoms with Crippen LogP contribution in [0.4, 0.5) is 0 Å². The zero-order valence-electron chi connectivity index (χ0n) is 9.20. The largest absolute Gasteiger partial charge is 0.465 e. The lowest BCUT2D eigenvalue weighted by molar-refractivity contribution is -0.117. The van der Waals surface area contributed by atoms with Gasteiger partial charge in [-0.3, -0.25) is 4.79 Å². The minimum absolute atomic E-state index is 0.113. The van der Waals surface area contributed by atoms with Crippen molar-refractivity contribution in [1.82, 2.24) is 0 Å². The monoisotopic (exact) mass is 240 g/mol. The van der Waals surface area contributed by atoms with E-state index in [2.05, 4.69) is 4.74 Å². The Morgan fingerprint density at radius 1 is 1.38 bits per heavy atom. The summed E-state index contributed by atoms with van der Waals surface area (Å²) in [6.07, 6.45) is 0.149. The number of benzene rings is 1. The highest BCUT2D eigenvalue weighted by Crippen LogP contribution is 2.13. The Bertz CT molecular complexity index is 399. The number of hydrogen-bond donors (Lipinski definition) is 0. The SMILES string of the molecule is COC(=O)c1ccccc1CC(=O)C(C)Cl. The van der Waals surface area contributed by atoms with Crippen LogP contribution in [0.1, 0.15) is 22.8 Å². The fraction of sp³-hybridized carbons (Fsp3) is 0.333. The van der Waals surface area contributed by atoms with Crippen molar-refractivity contribution in [3.63, 3.8) is 0 Å². The maximum absolute atomic E-state index is 11.5. The summed E-state index contributed by atoms with van der Waals surface area (Å²) in [5.74, 6) is -0.552. The molecule has 0 radical (unpaired) electrons.